The van der Waals surface area contributed by atoms with Crippen LogP contribution in [0.5, 0.6) is 0 Å². The molecule has 0 bridgehead atoms. The summed E-state index contributed by atoms with van der Waals surface area (Å²) in [5, 5.41) is 4.54. The molecule has 1 aromatic rings. The van der Waals surface area contributed by atoms with Gasteiger partial charge in [0.15, 0.2) is 0 Å². The first kappa shape index (κ1) is 15.0. The van der Waals surface area contributed by atoms with Crippen molar-refractivity contribution in [2.45, 2.75) is 55.2 Å². The Kier molecular flexibility index (Phi) is 5.86. The van der Waals surface area contributed by atoms with Gasteiger partial charge in [-0.15, -0.1) is 0 Å². The number of nitrogens with one attached hydrogen (secondary N) is 1. The lowest BCUT2D eigenvalue weighted by molar-refractivity contribution is 0.378. The largest absolute Gasteiger partial charge is 0.314 e. The number of rotatable bonds is 5. The predicted molar refractivity (Wildman–Crippen MR) is 82.2 cm³/mol. The van der Waals surface area contributed by atoms with Crippen LogP contribution in [0, 0.1) is 0 Å². The van der Waals surface area contributed by atoms with E-state index in [0.29, 0.717) is 11.1 Å². The van der Waals surface area contributed by atoms with E-state index in [9.17, 15) is 4.21 Å². The summed E-state index contributed by atoms with van der Waals surface area (Å²) >= 11 is 5.87. The van der Waals surface area contributed by atoms with E-state index in [4.69, 9.17) is 11.6 Å². The molecule has 1 aliphatic carbocycles. The molecule has 1 aliphatic rings. The Morgan fingerprint density at radius 2 is 2.05 bits per heavy atom. The second-order valence-corrected chi connectivity index (χ2v) is 7.36. The summed E-state index contributed by atoms with van der Waals surface area (Å²) in [6, 6.07) is 7.97. The molecule has 1 saturated carbocycles. The Bertz CT molecular complexity index is 421. The molecule has 2 rings (SSSR count). The van der Waals surface area contributed by atoms with Crippen molar-refractivity contribution >= 4 is 22.4 Å². The van der Waals surface area contributed by atoms with Crippen LogP contribution in [-0.2, 0) is 10.8 Å². The highest BCUT2D eigenvalue weighted by Crippen LogP contribution is 2.26. The van der Waals surface area contributed by atoms with Crippen molar-refractivity contribution in [3.8, 4) is 0 Å². The number of halogens is 1. The minimum absolute atomic E-state index is 0.282. The SMILES string of the molecule is CCCNC1CCCC(S(=O)c2ccc(Cl)cc2)C1. The monoisotopic (exact) mass is 299 g/mol. The summed E-state index contributed by atoms with van der Waals surface area (Å²) < 4.78 is 12.6. The fourth-order valence-corrected chi connectivity index (χ4v) is 4.34. The van der Waals surface area contributed by atoms with Crippen LogP contribution >= 0.6 is 11.6 Å². The minimum Gasteiger partial charge on any atom is -0.314 e. The lowest BCUT2D eigenvalue weighted by atomic mass is 9.95. The van der Waals surface area contributed by atoms with E-state index in [2.05, 4.69) is 12.2 Å². The quantitative estimate of drug-likeness (QED) is 0.897. The molecule has 1 fully saturated rings. The molecule has 2 nitrogen and oxygen atoms in total. The highest BCUT2D eigenvalue weighted by molar-refractivity contribution is 7.85. The molecule has 3 atom stereocenters. The van der Waals surface area contributed by atoms with Crippen LogP contribution in [0.1, 0.15) is 39.0 Å². The van der Waals surface area contributed by atoms with Crippen LogP contribution in [-0.4, -0.2) is 22.0 Å². The molecule has 19 heavy (non-hydrogen) atoms. The minimum atomic E-state index is -0.903. The molecule has 4 heteroatoms. The van der Waals surface area contributed by atoms with Gasteiger partial charge in [-0.2, -0.15) is 0 Å². The van der Waals surface area contributed by atoms with Crippen molar-refractivity contribution in [3.05, 3.63) is 29.3 Å². The van der Waals surface area contributed by atoms with Gasteiger partial charge in [-0.05, 0) is 56.5 Å². The molecule has 0 heterocycles. The fourth-order valence-electron chi connectivity index (χ4n) is 2.63. The third-order valence-corrected chi connectivity index (χ3v) is 5.68. The molecule has 0 radical (unpaired) electrons. The first-order valence-corrected chi connectivity index (χ1v) is 8.69. The predicted octanol–water partition coefficient (Wildman–Crippen LogP) is 3.76. The molecule has 0 spiro atoms. The normalized spacial score (nSPS) is 25.2. The van der Waals surface area contributed by atoms with Crippen LogP contribution in [0.2, 0.25) is 5.02 Å². The second kappa shape index (κ2) is 7.41. The highest BCUT2D eigenvalue weighted by Gasteiger charge is 2.26. The van der Waals surface area contributed by atoms with E-state index in [1.54, 1.807) is 0 Å². The zero-order valence-electron chi connectivity index (χ0n) is 11.4. The first-order chi connectivity index (χ1) is 9.20. The van der Waals surface area contributed by atoms with E-state index in [0.717, 1.165) is 30.7 Å². The van der Waals surface area contributed by atoms with Crippen LogP contribution in [0.4, 0.5) is 0 Å². The van der Waals surface area contributed by atoms with Gasteiger partial charge in [-0.1, -0.05) is 24.9 Å². The maximum Gasteiger partial charge on any atom is 0.0561 e. The summed E-state index contributed by atoms with van der Waals surface area (Å²) in [6.45, 7) is 3.24. The summed E-state index contributed by atoms with van der Waals surface area (Å²) in [5.41, 5.74) is 0. The van der Waals surface area contributed by atoms with Crippen LogP contribution < -0.4 is 5.32 Å². The number of hydrogen-bond donors (Lipinski definition) is 1. The number of benzene rings is 1. The van der Waals surface area contributed by atoms with E-state index < -0.39 is 10.8 Å². The van der Waals surface area contributed by atoms with Gasteiger partial charge in [0.25, 0.3) is 0 Å². The zero-order chi connectivity index (χ0) is 13.7. The fraction of sp³-hybridized carbons (Fsp3) is 0.600. The van der Waals surface area contributed by atoms with Crippen molar-refractivity contribution in [2.24, 2.45) is 0 Å². The molecule has 0 saturated heterocycles. The maximum absolute atomic E-state index is 12.6. The number of hydrogen-bond acceptors (Lipinski definition) is 2. The van der Waals surface area contributed by atoms with Gasteiger partial charge in [0.05, 0.1) is 10.8 Å². The second-order valence-electron chi connectivity index (χ2n) is 5.19. The van der Waals surface area contributed by atoms with Gasteiger partial charge in [0.1, 0.15) is 0 Å². The molecule has 1 N–H and O–H groups in total. The van der Waals surface area contributed by atoms with E-state index in [1.807, 2.05) is 24.3 Å². The summed E-state index contributed by atoms with van der Waals surface area (Å²) in [5.74, 6) is 0. The van der Waals surface area contributed by atoms with Crippen molar-refractivity contribution in [2.75, 3.05) is 6.54 Å². The molecular formula is C15H22ClNOS. The lowest BCUT2D eigenvalue weighted by Crippen LogP contribution is -2.37. The molecule has 0 amide bonds. The van der Waals surface area contributed by atoms with E-state index >= 15 is 0 Å². The van der Waals surface area contributed by atoms with Crippen LogP contribution in [0.3, 0.4) is 0 Å². The smallest absolute Gasteiger partial charge is 0.0561 e. The summed E-state index contributed by atoms with van der Waals surface area (Å²) in [6.07, 6.45) is 5.63. The van der Waals surface area contributed by atoms with Gasteiger partial charge in [0.2, 0.25) is 0 Å². The maximum atomic E-state index is 12.6. The van der Waals surface area contributed by atoms with Gasteiger partial charge >= 0.3 is 0 Å². The lowest BCUT2D eigenvalue weighted by Gasteiger charge is -2.29. The Hall–Kier alpha value is -0.380. The van der Waals surface area contributed by atoms with Gasteiger partial charge < -0.3 is 5.32 Å². The summed E-state index contributed by atoms with van der Waals surface area (Å²) in [4.78, 5) is 0.908. The average Bonchev–Trinajstić information content (AvgIpc) is 2.45. The van der Waals surface area contributed by atoms with Crippen LogP contribution in [0.15, 0.2) is 29.2 Å². The molecule has 0 aromatic heterocycles. The van der Waals surface area contributed by atoms with Crippen LogP contribution in [0.25, 0.3) is 0 Å². The molecular weight excluding hydrogens is 278 g/mol. The Morgan fingerprint density at radius 3 is 2.74 bits per heavy atom. The van der Waals surface area contributed by atoms with Crippen molar-refractivity contribution in [3.63, 3.8) is 0 Å². The van der Waals surface area contributed by atoms with E-state index in [1.165, 1.54) is 12.8 Å². The van der Waals surface area contributed by atoms with Crippen molar-refractivity contribution in [1.82, 2.24) is 5.32 Å². The topological polar surface area (TPSA) is 29.1 Å². The van der Waals surface area contributed by atoms with Crippen molar-refractivity contribution < 1.29 is 4.21 Å². The molecule has 1 aromatic carbocycles. The van der Waals surface area contributed by atoms with Gasteiger partial charge in [-0.25, -0.2) is 0 Å². The summed E-state index contributed by atoms with van der Waals surface area (Å²) in [7, 11) is -0.903. The molecule has 106 valence electrons. The third kappa shape index (κ3) is 4.30. The van der Waals surface area contributed by atoms with Crippen molar-refractivity contribution in [1.29, 1.82) is 0 Å². The third-order valence-electron chi connectivity index (χ3n) is 3.66. The van der Waals surface area contributed by atoms with Gasteiger partial charge in [0, 0.05) is 21.2 Å². The van der Waals surface area contributed by atoms with Gasteiger partial charge in [-0.3, -0.25) is 4.21 Å². The van der Waals surface area contributed by atoms with E-state index in [-0.39, 0.29) is 5.25 Å². The Balaban J connectivity index is 1.96. The molecule has 0 aliphatic heterocycles. The highest BCUT2D eigenvalue weighted by atomic mass is 35.5. The standard InChI is InChI=1S/C15H22ClNOS/c1-2-10-17-13-4-3-5-15(11-13)19(18)14-8-6-12(16)7-9-14/h6-9,13,15,17H,2-5,10-11H2,1H3. The Labute approximate surface area is 123 Å². The molecule has 3 unspecified atom stereocenters. The Morgan fingerprint density at radius 1 is 1.32 bits per heavy atom. The first-order valence-electron chi connectivity index (χ1n) is 7.10. The zero-order valence-corrected chi connectivity index (χ0v) is 13.0. The average molecular weight is 300 g/mol.